The molecule has 0 fully saturated rings. The Morgan fingerprint density at radius 1 is 1.42 bits per heavy atom. The zero-order chi connectivity index (χ0) is 14.2. The van der Waals surface area contributed by atoms with Crippen LogP contribution < -0.4 is 4.90 Å². The first-order chi connectivity index (χ1) is 8.78. The van der Waals surface area contributed by atoms with Crippen molar-refractivity contribution in [1.82, 2.24) is 0 Å². The number of fused-ring (bicyclic) bond motifs is 1. The number of amides is 1. The Kier molecular flexibility index (Phi) is 3.18. The van der Waals surface area contributed by atoms with Crippen molar-refractivity contribution in [2.75, 3.05) is 11.4 Å². The van der Waals surface area contributed by atoms with Gasteiger partial charge in [-0.2, -0.15) is 0 Å². The summed E-state index contributed by atoms with van der Waals surface area (Å²) >= 11 is 0. The summed E-state index contributed by atoms with van der Waals surface area (Å²) in [5.41, 5.74) is 0.898. The number of hydrogen-bond acceptors (Lipinski definition) is 4. The predicted octanol–water partition coefficient (Wildman–Crippen LogP) is 2.89. The molecule has 0 saturated heterocycles. The maximum absolute atomic E-state index is 12.0. The first-order valence-corrected chi connectivity index (χ1v) is 6.06. The number of benzene rings is 1. The molecular formula is C13H16N2O4. The van der Waals surface area contributed by atoms with E-state index in [1.165, 1.54) is 17.0 Å². The lowest BCUT2D eigenvalue weighted by molar-refractivity contribution is -0.384. The highest BCUT2D eigenvalue weighted by Crippen LogP contribution is 2.32. The SMILES string of the molecule is CC(C)(C)OC(=O)N1CCc2ccc([N+](=O)[O-])cc21. The topological polar surface area (TPSA) is 72.7 Å². The van der Waals surface area contributed by atoms with Crippen LogP contribution in [0.3, 0.4) is 0 Å². The van der Waals surface area contributed by atoms with Crippen molar-refractivity contribution in [2.45, 2.75) is 32.8 Å². The fourth-order valence-corrected chi connectivity index (χ4v) is 1.99. The second kappa shape index (κ2) is 4.53. The number of anilines is 1. The monoisotopic (exact) mass is 264 g/mol. The average molecular weight is 264 g/mol. The summed E-state index contributed by atoms with van der Waals surface area (Å²) in [6.07, 6.45) is 0.221. The standard InChI is InChI=1S/C13H16N2O4/c1-13(2,3)19-12(16)14-7-6-9-4-5-10(15(17)18)8-11(9)14/h4-5,8H,6-7H2,1-3H3. The maximum Gasteiger partial charge on any atom is 0.414 e. The quantitative estimate of drug-likeness (QED) is 0.577. The summed E-state index contributed by atoms with van der Waals surface area (Å²) in [5.74, 6) is 0. The van der Waals surface area contributed by atoms with Crippen LogP contribution in [0.1, 0.15) is 26.3 Å². The van der Waals surface area contributed by atoms with Gasteiger partial charge in [0.15, 0.2) is 0 Å². The first kappa shape index (κ1) is 13.3. The fourth-order valence-electron chi connectivity index (χ4n) is 1.99. The molecule has 6 heteroatoms. The molecule has 0 bridgehead atoms. The number of nitro groups is 1. The largest absolute Gasteiger partial charge is 0.443 e. The molecule has 1 aromatic rings. The third-order valence-corrected chi connectivity index (χ3v) is 2.79. The number of carbonyl (C=O) groups is 1. The number of rotatable bonds is 1. The van der Waals surface area contributed by atoms with Gasteiger partial charge >= 0.3 is 6.09 Å². The summed E-state index contributed by atoms with van der Waals surface area (Å²) < 4.78 is 5.30. The lowest BCUT2D eigenvalue weighted by atomic mass is 10.1. The van der Waals surface area contributed by atoms with E-state index in [1.54, 1.807) is 26.8 Å². The molecule has 0 atom stereocenters. The van der Waals surface area contributed by atoms with Crippen molar-refractivity contribution in [2.24, 2.45) is 0 Å². The molecule has 0 aliphatic carbocycles. The van der Waals surface area contributed by atoms with Crippen LogP contribution in [-0.4, -0.2) is 23.2 Å². The summed E-state index contributed by atoms with van der Waals surface area (Å²) in [6, 6.07) is 4.57. The van der Waals surface area contributed by atoms with Crippen LogP contribution in [0.25, 0.3) is 0 Å². The third kappa shape index (κ3) is 2.83. The zero-order valence-electron chi connectivity index (χ0n) is 11.2. The molecule has 19 heavy (non-hydrogen) atoms. The van der Waals surface area contributed by atoms with E-state index in [-0.39, 0.29) is 5.69 Å². The molecule has 0 radical (unpaired) electrons. The minimum atomic E-state index is -0.583. The number of carbonyl (C=O) groups excluding carboxylic acids is 1. The molecule has 1 amide bonds. The number of nitrogens with zero attached hydrogens (tertiary/aromatic N) is 2. The molecule has 0 unspecified atom stereocenters. The van der Waals surface area contributed by atoms with Crippen LogP contribution in [-0.2, 0) is 11.2 Å². The highest BCUT2D eigenvalue weighted by Gasteiger charge is 2.30. The Balaban J connectivity index is 2.28. The van der Waals surface area contributed by atoms with Gasteiger partial charge in [-0.25, -0.2) is 4.79 Å². The molecule has 0 spiro atoms. The normalized spacial score (nSPS) is 14.2. The van der Waals surface area contributed by atoms with Crippen LogP contribution >= 0.6 is 0 Å². The Morgan fingerprint density at radius 2 is 2.11 bits per heavy atom. The molecule has 2 rings (SSSR count). The third-order valence-electron chi connectivity index (χ3n) is 2.79. The Bertz CT molecular complexity index is 534. The molecular weight excluding hydrogens is 248 g/mol. The van der Waals surface area contributed by atoms with E-state index >= 15 is 0 Å². The molecule has 1 aliphatic rings. The van der Waals surface area contributed by atoms with Crippen molar-refractivity contribution in [1.29, 1.82) is 0 Å². The predicted molar refractivity (Wildman–Crippen MR) is 70.4 cm³/mol. The van der Waals surface area contributed by atoms with Crippen LogP contribution in [0.2, 0.25) is 0 Å². The van der Waals surface area contributed by atoms with Crippen molar-refractivity contribution >= 4 is 17.5 Å². The maximum atomic E-state index is 12.0. The smallest absolute Gasteiger partial charge is 0.414 e. The molecule has 1 aliphatic heterocycles. The van der Waals surface area contributed by atoms with E-state index in [0.717, 1.165) is 5.56 Å². The van der Waals surface area contributed by atoms with Gasteiger partial charge in [0.05, 0.1) is 10.6 Å². The van der Waals surface area contributed by atoms with Gasteiger partial charge in [-0.3, -0.25) is 15.0 Å². The minimum absolute atomic E-state index is 0.0193. The van der Waals surface area contributed by atoms with E-state index in [1.807, 2.05) is 0 Å². The summed E-state index contributed by atoms with van der Waals surface area (Å²) in [4.78, 5) is 23.8. The molecule has 6 nitrogen and oxygen atoms in total. The van der Waals surface area contributed by atoms with Gasteiger partial charge in [0.2, 0.25) is 0 Å². The highest BCUT2D eigenvalue weighted by atomic mass is 16.6. The van der Waals surface area contributed by atoms with Crippen molar-refractivity contribution in [3.05, 3.63) is 33.9 Å². The van der Waals surface area contributed by atoms with E-state index in [4.69, 9.17) is 4.74 Å². The number of ether oxygens (including phenoxy) is 1. The van der Waals surface area contributed by atoms with Crippen molar-refractivity contribution in [3.63, 3.8) is 0 Å². The zero-order valence-corrected chi connectivity index (χ0v) is 11.2. The van der Waals surface area contributed by atoms with Crippen LogP contribution in [0.4, 0.5) is 16.2 Å². The minimum Gasteiger partial charge on any atom is -0.443 e. The lowest BCUT2D eigenvalue weighted by Crippen LogP contribution is -2.35. The summed E-state index contributed by atoms with van der Waals surface area (Å²) in [7, 11) is 0. The van der Waals surface area contributed by atoms with Gasteiger partial charge in [-0.15, -0.1) is 0 Å². The second-order valence-electron chi connectivity index (χ2n) is 5.45. The number of nitro benzene ring substituents is 1. The van der Waals surface area contributed by atoms with Gasteiger partial charge in [-0.05, 0) is 32.8 Å². The Labute approximate surface area is 111 Å². The van der Waals surface area contributed by atoms with Crippen molar-refractivity contribution in [3.8, 4) is 0 Å². The van der Waals surface area contributed by atoms with Crippen LogP contribution in [0.15, 0.2) is 18.2 Å². The fraction of sp³-hybridized carbons (Fsp3) is 0.462. The van der Waals surface area contributed by atoms with Gasteiger partial charge < -0.3 is 4.74 Å². The molecule has 0 N–H and O–H groups in total. The average Bonchev–Trinajstić information content (AvgIpc) is 2.68. The molecule has 1 heterocycles. The summed E-state index contributed by atoms with van der Waals surface area (Å²) in [6.45, 7) is 5.85. The first-order valence-electron chi connectivity index (χ1n) is 6.06. The molecule has 102 valence electrons. The van der Waals surface area contributed by atoms with Gasteiger partial charge in [0.25, 0.3) is 5.69 Å². The molecule has 0 saturated carbocycles. The number of hydrogen-bond donors (Lipinski definition) is 0. The lowest BCUT2D eigenvalue weighted by Gasteiger charge is -2.24. The summed E-state index contributed by atoms with van der Waals surface area (Å²) in [5, 5.41) is 10.8. The van der Waals surface area contributed by atoms with E-state index in [9.17, 15) is 14.9 Å². The van der Waals surface area contributed by atoms with Crippen molar-refractivity contribution < 1.29 is 14.5 Å². The Morgan fingerprint density at radius 3 is 2.68 bits per heavy atom. The second-order valence-corrected chi connectivity index (χ2v) is 5.45. The van der Waals surface area contributed by atoms with E-state index in [2.05, 4.69) is 0 Å². The van der Waals surface area contributed by atoms with E-state index < -0.39 is 16.6 Å². The van der Waals surface area contributed by atoms with Crippen LogP contribution in [0.5, 0.6) is 0 Å². The van der Waals surface area contributed by atoms with Gasteiger partial charge in [0, 0.05) is 18.7 Å². The van der Waals surface area contributed by atoms with Gasteiger partial charge in [-0.1, -0.05) is 6.07 Å². The molecule has 1 aromatic carbocycles. The van der Waals surface area contributed by atoms with Gasteiger partial charge in [0.1, 0.15) is 5.60 Å². The van der Waals surface area contributed by atoms with E-state index in [0.29, 0.717) is 18.7 Å². The number of non-ortho nitro benzene ring substituents is 1. The molecule has 0 aromatic heterocycles. The Hall–Kier alpha value is -2.11. The highest BCUT2D eigenvalue weighted by molar-refractivity contribution is 5.91. The van der Waals surface area contributed by atoms with Crippen LogP contribution in [0, 0.1) is 10.1 Å².